The number of nitrogens with one attached hydrogen (secondary N) is 2. The Kier molecular flexibility index (Phi) is 4.88. The summed E-state index contributed by atoms with van der Waals surface area (Å²) in [4.78, 5) is 25.4. The van der Waals surface area contributed by atoms with Gasteiger partial charge in [0.1, 0.15) is 6.04 Å². The Morgan fingerprint density at radius 1 is 1.56 bits per heavy atom. The second kappa shape index (κ2) is 6.43. The molecule has 2 saturated heterocycles. The number of rotatable bonds is 5. The first-order chi connectivity index (χ1) is 8.70. The summed E-state index contributed by atoms with van der Waals surface area (Å²) in [6.45, 7) is 4.66. The van der Waals surface area contributed by atoms with Crippen molar-refractivity contribution in [2.45, 2.75) is 38.3 Å². The number of hydrogen-bond donors (Lipinski definition) is 2. The first-order valence-electron chi connectivity index (χ1n) is 6.66. The van der Waals surface area contributed by atoms with Crippen LogP contribution in [-0.2, 0) is 4.79 Å². The van der Waals surface area contributed by atoms with E-state index in [0.29, 0.717) is 11.8 Å². The van der Waals surface area contributed by atoms with Crippen LogP contribution in [-0.4, -0.2) is 53.5 Å². The van der Waals surface area contributed by atoms with Gasteiger partial charge >= 0.3 is 0 Å². The van der Waals surface area contributed by atoms with Crippen LogP contribution in [0.1, 0.15) is 26.2 Å². The van der Waals surface area contributed by atoms with Crippen molar-refractivity contribution in [2.24, 2.45) is 0 Å². The second-order valence-corrected chi connectivity index (χ2v) is 5.87. The third kappa shape index (κ3) is 3.38. The van der Waals surface area contributed by atoms with E-state index in [9.17, 15) is 9.59 Å². The maximum absolute atomic E-state index is 12.3. The number of nitrogens with zero attached hydrogens (tertiary/aromatic N) is 1. The van der Waals surface area contributed by atoms with E-state index in [0.717, 1.165) is 32.5 Å². The number of carbonyl (C=O) groups is 2. The van der Waals surface area contributed by atoms with Gasteiger partial charge in [0.15, 0.2) is 0 Å². The lowest BCUT2D eigenvalue weighted by atomic mass is 10.2. The molecule has 102 valence electrons. The molecule has 0 spiro atoms. The van der Waals surface area contributed by atoms with Crippen LogP contribution in [0.3, 0.4) is 0 Å². The molecule has 2 heterocycles. The molecule has 0 aromatic heterocycles. The first kappa shape index (κ1) is 13.7. The highest BCUT2D eigenvalue weighted by Gasteiger charge is 2.32. The van der Waals surface area contributed by atoms with Crippen molar-refractivity contribution in [3.05, 3.63) is 0 Å². The monoisotopic (exact) mass is 271 g/mol. The molecule has 6 heteroatoms. The average Bonchev–Trinajstić information content (AvgIpc) is 2.99. The number of carbonyl (C=O) groups excluding carboxylic acids is 2. The highest BCUT2D eigenvalue weighted by Crippen LogP contribution is 2.16. The molecule has 2 aliphatic heterocycles. The number of amides is 2. The zero-order valence-corrected chi connectivity index (χ0v) is 11.6. The lowest BCUT2D eigenvalue weighted by Gasteiger charge is -2.27. The highest BCUT2D eigenvalue weighted by molar-refractivity contribution is 8.14. The summed E-state index contributed by atoms with van der Waals surface area (Å²) in [6, 6.07) is 0.0979. The van der Waals surface area contributed by atoms with E-state index in [1.807, 2.05) is 4.90 Å². The summed E-state index contributed by atoms with van der Waals surface area (Å²) < 4.78 is 0. The van der Waals surface area contributed by atoms with E-state index in [2.05, 4.69) is 17.6 Å². The average molecular weight is 271 g/mol. The summed E-state index contributed by atoms with van der Waals surface area (Å²) in [7, 11) is 0. The zero-order chi connectivity index (χ0) is 13.0. The summed E-state index contributed by atoms with van der Waals surface area (Å²) in [6.07, 6.45) is 3.28. The molecule has 2 aliphatic rings. The molecule has 0 bridgehead atoms. The smallest absolute Gasteiger partial charge is 0.279 e. The predicted molar refractivity (Wildman–Crippen MR) is 72.7 cm³/mol. The van der Waals surface area contributed by atoms with Crippen LogP contribution in [0.4, 0.5) is 4.79 Å². The van der Waals surface area contributed by atoms with Gasteiger partial charge in [-0.15, -0.1) is 0 Å². The minimum atomic E-state index is -0.324. The normalized spacial score (nSPS) is 27.3. The van der Waals surface area contributed by atoms with Crippen molar-refractivity contribution >= 4 is 22.9 Å². The maximum Gasteiger partial charge on any atom is 0.279 e. The Morgan fingerprint density at radius 3 is 2.94 bits per heavy atom. The number of hydrogen-bond acceptors (Lipinski definition) is 4. The molecule has 2 fully saturated rings. The lowest BCUT2D eigenvalue weighted by Crippen LogP contribution is -2.49. The SMILES string of the molecule is CCCN(CC1CCCN1)C(=O)C1CSC(=O)N1. The molecule has 2 N–H and O–H groups in total. The molecule has 0 saturated carbocycles. The van der Waals surface area contributed by atoms with Gasteiger partial charge in [0, 0.05) is 24.9 Å². The van der Waals surface area contributed by atoms with E-state index in [4.69, 9.17) is 0 Å². The van der Waals surface area contributed by atoms with Crippen molar-refractivity contribution < 1.29 is 9.59 Å². The molecular formula is C12H21N3O2S. The minimum absolute atomic E-state index is 0.0731. The van der Waals surface area contributed by atoms with Gasteiger partial charge in [-0.1, -0.05) is 18.7 Å². The maximum atomic E-state index is 12.3. The van der Waals surface area contributed by atoms with Gasteiger partial charge in [-0.25, -0.2) is 0 Å². The molecular weight excluding hydrogens is 250 g/mol. The van der Waals surface area contributed by atoms with Crippen LogP contribution in [0.25, 0.3) is 0 Å². The van der Waals surface area contributed by atoms with Crippen molar-refractivity contribution in [2.75, 3.05) is 25.4 Å². The molecule has 2 rings (SSSR count). The standard InChI is InChI=1S/C12H21N3O2S/c1-2-6-15(7-9-4-3-5-13-9)11(16)10-8-18-12(17)14-10/h9-10,13H,2-8H2,1H3,(H,14,17). The molecule has 2 atom stereocenters. The molecule has 0 aromatic carbocycles. The fraction of sp³-hybridized carbons (Fsp3) is 0.833. The topological polar surface area (TPSA) is 61.4 Å². The van der Waals surface area contributed by atoms with Gasteiger partial charge < -0.3 is 15.5 Å². The van der Waals surface area contributed by atoms with Gasteiger partial charge in [-0.05, 0) is 25.8 Å². The van der Waals surface area contributed by atoms with Gasteiger partial charge in [-0.3, -0.25) is 9.59 Å². The fourth-order valence-electron chi connectivity index (χ4n) is 2.48. The van der Waals surface area contributed by atoms with Gasteiger partial charge in [0.05, 0.1) is 0 Å². The van der Waals surface area contributed by atoms with Crippen molar-refractivity contribution in [1.82, 2.24) is 15.5 Å². The Balaban J connectivity index is 1.90. The first-order valence-corrected chi connectivity index (χ1v) is 7.64. The van der Waals surface area contributed by atoms with Gasteiger partial charge in [0.25, 0.3) is 5.24 Å². The summed E-state index contributed by atoms with van der Waals surface area (Å²) in [5, 5.41) is 6.06. The second-order valence-electron chi connectivity index (χ2n) is 4.87. The van der Waals surface area contributed by atoms with E-state index >= 15 is 0 Å². The summed E-state index contributed by atoms with van der Waals surface area (Å²) in [5.74, 6) is 0.639. The van der Waals surface area contributed by atoms with Crippen LogP contribution in [0.15, 0.2) is 0 Å². The third-order valence-electron chi connectivity index (χ3n) is 3.38. The molecule has 5 nitrogen and oxygen atoms in total. The van der Waals surface area contributed by atoms with E-state index < -0.39 is 0 Å². The van der Waals surface area contributed by atoms with Crippen LogP contribution in [0, 0.1) is 0 Å². The van der Waals surface area contributed by atoms with Crippen LogP contribution in [0.5, 0.6) is 0 Å². The Morgan fingerprint density at radius 2 is 2.39 bits per heavy atom. The fourth-order valence-corrected chi connectivity index (χ4v) is 3.25. The van der Waals surface area contributed by atoms with E-state index in [-0.39, 0.29) is 17.2 Å². The van der Waals surface area contributed by atoms with Crippen molar-refractivity contribution in [1.29, 1.82) is 0 Å². The van der Waals surface area contributed by atoms with Crippen LogP contribution >= 0.6 is 11.8 Å². The molecule has 18 heavy (non-hydrogen) atoms. The summed E-state index contributed by atoms with van der Waals surface area (Å²) in [5.41, 5.74) is 0. The van der Waals surface area contributed by atoms with Crippen LogP contribution in [0.2, 0.25) is 0 Å². The Bertz CT molecular complexity index is 318. The van der Waals surface area contributed by atoms with Crippen molar-refractivity contribution in [3.8, 4) is 0 Å². The molecule has 0 aromatic rings. The van der Waals surface area contributed by atoms with Gasteiger partial charge in [-0.2, -0.15) is 0 Å². The lowest BCUT2D eigenvalue weighted by molar-refractivity contribution is -0.132. The molecule has 0 aliphatic carbocycles. The predicted octanol–water partition coefficient (Wildman–Crippen LogP) is 0.802. The Hall–Kier alpha value is -0.750. The molecule has 2 amide bonds. The van der Waals surface area contributed by atoms with Gasteiger partial charge in [0.2, 0.25) is 5.91 Å². The largest absolute Gasteiger partial charge is 0.339 e. The molecule has 0 radical (unpaired) electrons. The summed E-state index contributed by atoms with van der Waals surface area (Å²) >= 11 is 1.20. The van der Waals surface area contributed by atoms with E-state index in [1.54, 1.807) is 0 Å². The quantitative estimate of drug-likeness (QED) is 0.776. The molecule has 2 unspecified atom stereocenters. The zero-order valence-electron chi connectivity index (χ0n) is 10.8. The number of thioether (sulfide) groups is 1. The third-order valence-corrected chi connectivity index (χ3v) is 4.26. The van der Waals surface area contributed by atoms with Crippen LogP contribution < -0.4 is 10.6 Å². The van der Waals surface area contributed by atoms with E-state index in [1.165, 1.54) is 18.2 Å². The Labute approximate surface area is 112 Å². The minimum Gasteiger partial charge on any atom is -0.339 e. The highest BCUT2D eigenvalue weighted by atomic mass is 32.2. The van der Waals surface area contributed by atoms with Crippen molar-refractivity contribution in [3.63, 3.8) is 0 Å².